The molecule has 0 aliphatic rings. The van der Waals surface area contributed by atoms with E-state index in [9.17, 15) is 14.4 Å². The fraction of sp³-hybridized carbons (Fsp3) is 0.727. The molecule has 0 radical (unpaired) electrons. The van der Waals surface area contributed by atoms with Crippen LogP contribution in [0, 0.1) is 5.41 Å². The van der Waals surface area contributed by atoms with E-state index in [-0.39, 0.29) is 6.42 Å². The molecule has 0 aliphatic heterocycles. The van der Waals surface area contributed by atoms with Gasteiger partial charge in [0.05, 0.1) is 5.41 Å². The number of aliphatic carboxylic acids is 2. The van der Waals surface area contributed by atoms with Gasteiger partial charge < -0.3 is 15.5 Å². The van der Waals surface area contributed by atoms with Crippen LogP contribution in [0.4, 0.5) is 0 Å². The summed E-state index contributed by atoms with van der Waals surface area (Å²) in [5.41, 5.74) is -0.836. The maximum absolute atomic E-state index is 10.8. The smallest absolute Gasteiger partial charge is 0.326 e. The van der Waals surface area contributed by atoms with Crippen LogP contribution in [0.25, 0.3) is 0 Å². The van der Waals surface area contributed by atoms with Crippen LogP contribution < -0.4 is 5.32 Å². The first-order valence-corrected chi connectivity index (χ1v) is 6.63. The van der Waals surface area contributed by atoms with Crippen molar-refractivity contribution >= 4 is 29.6 Å². The molecule has 0 saturated carbocycles. The number of carboxylic acid groups (broad SMARTS) is 2. The summed E-state index contributed by atoms with van der Waals surface area (Å²) in [6, 6.07) is -0.914. The molecule has 3 N–H and O–H groups in total. The Morgan fingerprint density at radius 1 is 1.28 bits per heavy atom. The second-order valence-electron chi connectivity index (χ2n) is 4.62. The lowest BCUT2D eigenvalue weighted by atomic mass is 9.97. The van der Waals surface area contributed by atoms with Crippen molar-refractivity contribution < 1.29 is 24.6 Å². The van der Waals surface area contributed by atoms with Gasteiger partial charge in [-0.3, -0.25) is 9.59 Å². The number of hydrogen-bond donors (Lipinski definition) is 3. The van der Waals surface area contributed by atoms with Crippen LogP contribution in [0.2, 0.25) is 0 Å². The summed E-state index contributed by atoms with van der Waals surface area (Å²) < 4.78 is 0. The van der Waals surface area contributed by atoms with E-state index in [1.54, 1.807) is 13.8 Å². The molecule has 0 spiro atoms. The Bertz CT molecular complexity index is 329. The molecule has 0 heterocycles. The zero-order chi connectivity index (χ0) is 14.3. The van der Waals surface area contributed by atoms with Crippen LogP contribution in [0.15, 0.2) is 0 Å². The van der Waals surface area contributed by atoms with E-state index in [1.165, 1.54) is 18.7 Å². The van der Waals surface area contributed by atoms with Gasteiger partial charge in [0.1, 0.15) is 6.04 Å². The van der Waals surface area contributed by atoms with E-state index in [4.69, 9.17) is 10.2 Å². The SMILES string of the molecule is CC(=O)NC(CCSCC(C)(C)C(=O)O)C(=O)O. The first-order valence-electron chi connectivity index (χ1n) is 5.48. The maximum Gasteiger partial charge on any atom is 0.326 e. The Morgan fingerprint density at radius 2 is 1.83 bits per heavy atom. The Morgan fingerprint density at radius 3 is 2.22 bits per heavy atom. The fourth-order valence-electron chi connectivity index (χ4n) is 1.09. The highest BCUT2D eigenvalue weighted by molar-refractivity contribution is 7.99. The van der Waals surface area contributed by atoms with Crippen LogP contribution in [0.1, 0.15) is 27.2 Å². The monoisotopic (exact) mass is 277 g/mol. The zero-order valence-electron chi connectivity index (χ0n) is 10.7. The topological polar surface area (TPSA) is 104 Å². The van der Waals surface area contributed by atoms with Gasteiger partial charge in [0, 0.05) is 12.7 Å². The average Bonchev–Trinajstić information content (AvgIpc) is 2.21. The molecule has 0 aromatic carbocycles. The van der Waals surface area contributed by atoms with Crippen molar-refractivity contribution in [2.24, 2.45) is 5.41 Å². The van der Waals surface area contributed by atoms with E-state index in [2.05, 4.69) is 5.32 Å². The highest BCUT2D eigenvalue weighted by Gasteiger charge is 2.27. The molecule has 0 fully saturated rings. The summed E-state index contributed by atoms with van der Waals surface area (Å²) >= 11 is 1.37. The molecule has 0 bridgehead atoms. The first kappa shape index (κ1) is 16.8. The molecule has 7 heteroatoms. The predicted octanol–water partition coefficient (Wildman–Crippen LogP) is 0.810. The Labute approximate surface area is 110 Å². The minimum absolute atomic E-state index is 0.273. The number of nitrogens with one attached hydrogen (secondary N) is 1. The largest absolute Gasteiger partial charge is 0.481 e. The van der Waals surface area contributed by atoms with Crippen molar-refractivity contribution in [3.63, 3.8) is 0 Å². The normalized spacial score (nSPS) is 12.8. The average molecular weight is 277 g/mol. The Hall–Kier alpha value is -1.24. The molecule has 1 amide bonds. The van der Waals surface area contributed by atoms with E-state index >= 15 is 0 Å². The molecule has 0 aromatic heterocycles. The molecule has 0 rings (SSSR count). The molecular formula is C11H19NO5S. The summed E-state index contributed by atoms with van der Waals surface area (Å²) in [6.07, 6.45) is 0.273. The van der Waals surface area contributed by atoms with E-state index in [1.807, 2.05) is 0 Å². The standard InChI is InChI=1S/C11H19NO5S/c1-7(13)12-8(9(14)15)4-5-18-6-11(2,3)10(16)17/h8H,4-6H2,1-3H3,(H,12,13)(H,14,15)(H,16,17). The van der Waals surface area contributed by atoms with Crippen LogP contribution >= 0.6 is 11.8 Å². The number of amides is 1. The summed E-state index contributed by atoms with van der Waals surface area (Å²) in [4.78, 5) is 32.4. The van der Waals surface area contributed by atoms with Gasteiger partial charge in [-0.2, -0.15) is 11.8 Å². The number of carbonyl (C=O) groups excluding carboxylic acids is 1. The first-order chi connectivity index (χ1) is 8.16. The number of thioether (sulfide) groups is 1. The summed E-state index contributed by atoms with van der Waals surface area (Å²) in [5.74, 6) is -1.48. The molecule has 0 saturated heterocycles. The van der Waals surface area contributed by atoms with Gasteiger partial charge in [-0.15, -0.1) is 0 Å². The summed E-state index contributed by atoms with van der Waals surface area (Å²) in [7, 11) is 0. The highest BCUT2D eigenvalue weighted by Crippen LogP contribution is 2.22. The maximum atomic E-state index is 10.8. The van der Waals surface area contributed by atoms with Crippen LogP contribution in [0.3, 0.4) is 0 Å². The molecule has 0 aromatic rings. The van der Waals surface area contributed by atoms with Crippen molar-refractivity contribution in [3.8, 4) is 0 Å². The molecule has 0 aliphatic carbocycles. The van der Waals surface area contributed by atoms with Gasteiger partial charge in [-0.05, 0) is 26.0 Å². The second-order valence-corrected chi connectivity index (χ2v) is 5.73. The number of carboxylic acids is 2. The summed E-state index contributed by atoms with van der Waals surface area (Å²) in [5, 5.41) is 20.1. The molecule has 1 unspecified atom stereocenters. The van der Waals surface area contributed by atoms with Crippen molar-refractivity contribution in [2.75, 3.05) is 11.5 Å². The molecular weight excluding hydrogens is 258 g/mol. The van der Waals surface area contributed by atoms with Gasteiger partial charge in [0.15, 0.2) is 0 Å². The number of rotatable bonds is 8. The minimum Gasteiger partial charge on any atom is -0.481 e. The zero-order valence-corrected chi connectivity index (χ0v) is 11.5. The Balaban J connectivity index is 4.05. The van der Waals surface area contributed by atoms with E-state index < -0.39 is 29.3 Å². The quantitative estimate of drug-likeness (QED) is 0.567. The minimum atomic E-state index is -1.08. The van der Waals surface area contributed by atoms with Gasteiger partial charge in [-0.25, -0.2) is 4.79 Å². The predicted molar refractivity (Wildman–Crippen MR) is 68.6 cm³/mol. The third kappa shape index (κ3) is 6.48. The molecule has 104 valence electrons. The second kappa shape index (κ2) is 7.25. The van der Waals surface area contributed by atoms with E-state index in [0.29, 0.717) is 11.5 Å². The number of hydrogen-bond acceptors (Lipinski definition) is 4. The summed E-state index contributed by atoms with van der Waals surface area (Å²) in [6.45, 7) is 4.49. The van der Waals surface area contributed by atoms with Gasteiger partial charge in [0.2, 0.25) is 5.91 Å². The van der Waals surface area contributed by atoms with Crippen molar-refractivity contribution in [1.29, 1.82) is 0 Å². The lowest BCUT2D eigenvalue weighted by Crippen LogP contribution is -2.40. The van der Waals surface area contributed by atoms with Crippen molar-refractivity contribution in [3.05, 3.63) is 0 Å². The fourth-order valence-corrected chi connectivity index (χ4v) is 2.27. The van der Waals surface area contributed by atoms with Crippen LogP contribution in [-0.2, 0) is 14.4 Å². The lowest BCUT2D eigenvalue weighted by molar-refractivity contribution is -0.145. The van der Waals surface area contributed by atoms with E-state index in [0.717, 1.165) is 0 Å². The molecule has 18 heavy (non-hydrogen) atoms. The van der Waals surface area contributed by atoms with Crippen molar-refractivity contribution in [2.45, 2.75) is 33.2 Å². The molecule has 1 atom stereocenters. The van der Waals surface area contributed by atoms with Crippen LogP contribution in [0.5, 0.6) is 0 Å². The lowest BCUT2D eigenvalue weighted by Gasteiger charge is -2.19. The third-order valence-corrected chi connectivity index (χ3v) is 3.72. The van der Waals surface area contributed by atoms with Gasteiger partial charge in [-0.1, -0.05) is 0 Å². The van der Waals surface area contributed by atoms with Crippen molar-refractivity contribution in [1.82, 2.24) is 5.32 Å². The number of carbonyl (C=O) groups is 3. The van der Waals surface area contributed by atoms with Crippen LogP contribution in [-0.4, -0.2) is 45.6 Å². The molecule has 6 nitrogen and oxygen atoms in total. The highest BCUT2D eigenvalue weighted by atomic mass is 32.2. The Kier molecular flexibility index (Phi) is 6.75. The third-order valence-electron chi connectivity index (χ3n) is 2.27. The van der Waals surface area contributed by atoms with Gasteiger partial charge >= 0.3 is 11.9 Å². The van der Waals surface area contributed by atoms with Gasteiger partial charge in [0.25, 0.3) is 0 Å².